The van der Waals surface area contributed by atoms with Gasteiger partial charge in [-0.3, -0.25) is 9.48 Å². The maximum atomic E-state index is 11.1. The van der Waals surface area contributed by atoms with Crippen LogP contribution in [0.3, 0.4) is 0 Å². The van der Waals surface area contributed by atoms with E-state index in [0.29, 0.717) is 13.0 Å². The number of halogens is 1. The first-order valence-electron chi connectivity index (χ1n) is 6.10. The van der Waals surface area contributed by atoms with E-state index >= 15 is 0 Å². The summed E-state index contributed by atoms with van der Waals surface area (Å²) < 4.78 is 7.76. The van der Waals surface area contributed by atoms with Crippen molar-refractivity contribution >= 4 is 21.9 Å². The lowest BCUT2D eigenvalue weighted by atomic mass is 10.3. The van der Waals surface area contributed by atoms with Gasteiger partial charge in [-0.2, -0.15) is 5.10 Å². The van der Waals surface area contributed by atoms with Crippen molar-refractivity contribution in [2.45, 2.75) is 33.2 Å². The van der Waals surface area contributed by atoms with Crippen LogP contribution in [0.25, 0.3) is 0 Å². The molecule has 1 aromatic rings. The molecule has 0 aliphatic heterocycles. The number of carbonyl (C=O) groups is 1. The third-order valence-electron chi connectivity index (χ3n) is 2.59. The van der Waals surface area contributed by atoms with Gasteiger partial charge in [-0.1, -0.05) is 0 Å². The van der Waals surface area contributed by atoms with Gasteiger partial charge < -0.3 is 10.1 Å². The molecule has 0 saturated heterocycles. The highest BCUT2D eigenvalue weighted by Crippen LogP contribution is 2.19. The Kier molecular flexibility index (Phi) is 6.35. The number of nitrogens with one attached hydrogen (secondary N) is 1. The minimum atomic E-state index is -0.128. The summed E-state index contributed by atoms with van der Waals surface area (Å²) in [7, 11) is 1.92. The molecule has 0 spiro atoms. The first-order valence-corrected chi connectivity index (χ1v) is 6.89. The van der Waals surface area contributed by atoms with Gasteiger partial charge in [-0.05, 0) is 42.7 Å². The smallest absolute Gasteiger partial charge is 0.305 e. The molecular formula is C12H20BrN3O2. The summed E-state index contributed by atoms with van der Waals surface area (Å²) in [4.78, 5) is 11.1. The van der Waals surface area contributed by atoms with E-state index in [9.17, 15) is 4.79 Å². The summed E-state index contributed by atoms with van der Waals surface area (Å²) in [6.45, 7) is 5.76. The van der Waals surface area contributed by atoms with E-state index in [1.54, 1.807) is 0 Å². The summed E-state index contributed by atoms with van der Waals surface area (Å²) in [5, 5.41) is 7.61. The molecule has 0 unspecified atom stereocenters. The zero-order valence-corrected chi connectivity index (χ0v) is 12.7. The third-order valence-corrected chi connectivity index (χ3v) is 3.63. The summed E-state index contributed by atoms with van der Waals surface area (Å²) in [5.41, 5.74) is 2.10. The number of rotatable bonds is 7. The van der Waals surface area contributed by atoms with Gasteiger partial charge in [0.1, 0.15) is 0 Å². The van der Waals surface area contributed by atoms with E-state index in [2.05, 4.69) is 26.3 Å². The second kappa shape index (κ2) is 7.53. The van der Waals surface area contributed by atoms with Crippen LogP contribution in [0.5, 0.6) is 0 Å². The molecule has 5 nitrogen and oxygen atoms in total. The van der Waals surface area contributed by atoms with Crippen LogP contribution < -0.4 is 5.32 Å². The molecule has 0 aliphatic rings. The Balaban J connectivity index is 2.24. The Labute approximate surface area is 116 Å². The zero-order chi connectivity index (χ0) is 13.5. The summed E-state index contributed by atoms with van der Waals surface area (Å²) in [5.74, 6) is -0.128. The van der Waals surface area contributed by atoms with E-state index in [-0.39, 0.29) is 5.97 Å². The fourth-order valence-corrected chi connectivity index (χ4v) is 2.15. The highest BCUT2D eigenvalue weighted by Gasteiger charge is 2.09. The minimum absolute atomic E-state index is 0.128. The van der Waals surface area contributed by atoms with Gasteiger partial charge >= 0.3 is 5.97 Å². The molecule has 1 rings (SSSR count). The van der Waals surface area contributed by atoms with Crippen molar-refractivity contribution in [2.75, 3.05) is 13.2 Å². The van der Waals surface area contributed by atoms with Gasteiger partial charge in [0, 0.05) is 20.0 Å². The molecule has 18 heavy (non-hydrogen) atoms. The van der Waals surface area contributed by atoms with Crippen molar-refractivity contribution in [1.82, 2.24) is 15.1 Å². The van der Waals surface area contributed by atoms with Crippen LogP contribution in [0.15, 0.2) is 4.47 Å². The number of hydrogen-bond acceptors (Lipinski definition) is 4. The number of carbonyl (C=O) groups excluding carboxylic acids is 1. The molecule has 1 N–H and O–H groups in total. The molecule has 1 aromatic heterocycles. The van der Waals surface area contributed by atoms with Gasteiger partial charge in [0.05, 0.1) is 22.5 Å². The fourth-order valence-electron chi connectivity index (χ4n) is 1.67. The molecule has 0 aliphatic carbocycles. The Morgan fingerprint density at radius 2 is 2.28 bits per heavy atom. The maximum absolute atomic E-state index is 11.1. The molecule has 1 heterocycles. The van der Waals surface area contributed by atoms with Gasteiger partial charge in [0.2, 0.25) is 0 Å². The standard InChI is InChI=1S/C12H20BrN3O2/c1-4-18-11(17)6-5-7-14-8-10-12(13)9(2)15-16(10)3/h14H,4-8H2,1-3H3. The van der Waals surface area contributed by atoms with E-state index < -0.39 is 0 Å². The highest BCUT2D eigenvalue weighted by molar-refractivity contribution is 9.10. The number of aryl methyl sites for hydroxylation is 2. The van der Waals surface area contributed by atoms with Crippen LogP contribution in [0, 0.1) is 6.92 Å². The maximum Gasteiger partial charge on any atom is 0.305 e. The normalized spacial score (nSPS) is 10.7. The van der Waals surface area contributed by atoms with Crippen LogP contribution in [-0.2, 0) is 23.1 Å². The van der Waals surface area contributed by atoms with E-state index in [4.69, 9.17) is 4.74 Å². The molecule has 0 radical (unpaired) electrons. The van der Waals surface area contributed by atoms with Gasteiger partial charge in [0.15, 0.2) is 0 Å². The Hall–Kier alpha value is -0.880. The molecule has 6 heteroatoms. The molecule has 0 saturated carbocycles. The molecule has 102 valence electrons. The summed E-state index contributed by atoms with van der Waals surface area (Å²) >= 11 is 3.52. The lowest BCUT2D eigenvalue weighted by Crippen LogP contribution is -2.18. The quantitative estimate of drug-likeness (QED) is 0.616. The number of nitrogens with zero attached hydrogens (tertiary/aromatic N) is 2. The lowest BCUT2D eigenvalue weighted by Gasteiger charge is -2.06. The van der Waals surface area contributed by atoms with Crippen molar-refractivity contribution in [2.24, 2.45) is 7.05 Å². The van der Waals surface area contributed by atoms with Crippen LogP contribution in [0.2, 0.25) is 0 Å². The van der Waals surface area contributed by atoms with Crippen LogP contribution in [0.1, 0.15) is 31.2 Å². The Bertz CT molecular complexity index is 404. The van der Waals surface area contributed by atoms with E-state index in [1.807, 2.05) is 25.6 Å². The lowest BCUT2D eigenvalue weighted by molar-refractivity contribution is -0.143. The average Bonchev–Trinajstić information content (AvgIpc) is 2.55. The van der Waals surface area contributed by atoms with Crippen molar-refractivity contribution in [1.29, 1.82) is 0 Å². The predicted octanol–water partition coefficient (Wildman–Crippen LogP) is 1.92. The van der Waals surface area contributed by atoms with Gasteiger partial charge in [-0.15, -0.1) is 0 Å². The van der Waals surface area contributed by atoms with Crippen LogP contribution >= 0.6 is 15.9 Å². The monoisotopic (exact) mass is 317 g/mol. The second-order valence-corrected chi connectivity index (χ2v) is 4.85. The molecule has 0 atom stereocenters. The van der Waals surface area contributed by atoms with E-state index in [1.165, 1.54) is 0 Å². The SMILES string of the molecule is CCOC(=O)CCCNCc1c(Br)c(C)nn1C. The number of ether oxygens (including phenoxy) is 1. The summed E-state index contributed by atoms with van der Waals surface area (Å²) in [6.07, 6.45) is 1.25. The summed E-state index contributed by atoms with van der Waals surface area (Å²) in [6, 6.07) is 0. The topological polar surface area (TPSA) is 56.1 Å². The third kappa shape index (κ3) is 4.42. The average molecular weight is 318 g/mol. The number of hydrogen-bond donors (Lipinski definition) is 1. The molecule has 0 aromatic carbocycles. The van der Waals surface area contributed by atoms with E-state index in [0.717, 1.165) is 35.4 Å². The van der Waals surface area contributed by atoms with Gasteiger partial charge in [0.25, 0.3) is 0 Å². The van der Waals surface area contributed by atoms with Crippen molar-refractivity contribution in [3.8, 4) is 0 Å². The first-order chi connectivity index (χ1) is 8.56. The largest absolute Gasteiger partial charge is 0.466 e. The van der Waals surface area contributed by atoms with Crippen molar-refractivity contribution < 1.29 is 9.53 Å². The van der Waals surface area contributed by atoms with Crippen molar-refractivity contribution in [3.05, 3.63) is 15.9 Å². The highest BCUT2D eigenvalue weighted by atomic mass is 79.9. The fraction of sp³-hybridized carbons (Fsp3) is 0.667. The Morgan fingerprint density at radius 3 is 2.83 bits per heavy atom. The molecule has 0 fully saturated rings. The van der Waals surface area contributed by atoms with Crippen LogP contribution in [-0.4, -0.2) is 28.9 Å². The second-order valence-electron chi connectivity index (χ2n) is 4.06. The minimum Gasteiger partial charge on any atom is -0.466 e. The molecule has 0 bridgehead atoms. The van der Waals surface area contributed by atoms with Gasteiger partial charge in [-0.25, -0.2) is 0 Å². The molecular weight excluding hydrogens is 298 g/mol. The Morgan fingerprint density at radius 1 is 1.56 bits per heavy atom. The van der Waals surface area contributed by atoms with Crippen LogP contribution in [0.4, 0.5) is 0 Å². The molecule has 0 amide bonds. The number of esters is 1. The van der Waals surface area contributed by atoms with Crippen molar-refractivity contribution in [3.63, 3.8) is 0 Å². The predicted molar refractivity (Wildman–Crippen MR) is 73.2 cm³/mol. The zero-order valence-electron chi connectivity index (χ0n) is 11.1. The number of aromatic nitrogens is 2. The first kappa shape index (κ1) is 15.2.